The zero-order valence-electron chi connectivity index (χ0n) is 7.27. The molecule has 0 saturated heterocycles. The molecule has 0 amide bonds. The van der Waals surface area contributed by atoms with Crippen LogP contribution in [0.3, 0.4) is 0 Å². The highest BCUT2D eigenvalue weighted by Gasteiger charge is 2.25. The van der Waals surface area contributed by atoms with Gasteiger partial charge in [0.1, 0.15) is 0 Å². The van der Waals surface area contributed by atoms with Crippen LogP contribution in [-0.4, -0.2) is 4.98 Å². The summed E-state index contributed by atoms with van der Waals surface area (Å²) < 4.78 is 0. The molecule has 1 heterocycles. The van der Waals surface area contributed by atoms with Crippen molar-refractivity contribution in [2.45, 2.75) is 25.3 Å². The van der Waals surface area contributed by atoms with Gasteiger partial charge in [-0.05, 0) is 36.0 Å². The van der Waals surface area contributed by atoms with Crippen molar-refractivity contribution >= 4 is 24.8 Å². The number of nitrogens with zero attached hydrogens (tertiary/aromatic N) is 1. The van der Waals surface area contributed by atoms with Crippen LogP contribution in [0.1, 0.15) is 29.9 Å². The van der Waals surface area contributed by atoms with Gasteiger partial charge < -0.3 is 5.73 Å². The van der Waals surface area contributed by atoms with Crippen LogP contribution in [0.5, 0.6) is 0 Å². The summed E-state index contributed by atoms with van der Waals surface area (Å²) in [5.74, 6) is 0.788. The Morgan fingerprint density at radius 2 is 2.08 bits per heavy atom. The maximum Gasteiger partial charge on any atom is 0.0315 e. The topological polar surface area (TPSA) is 38.9 Å². The van der Waals surface area contributed by atoms with Crippen molar-refractivity contribution in [2.24, 2.45) is 5.73 Å². The third kappa shape index (κ3) is 2.83. The monoisotopic (exact) mass is 220 g/mol. The van der Waals surface area contributed by atoms with Crippen LogP contribution in [0.25, 0.3) is 0 Å². The highest BCUT2D eigenvalue weighted by atomic mass is 35.5. The highest BCUT2D eigenvalue weighted by Crippen LogP contribution is 2.41. The summed E-state index contributed by atoms with van der Waals surface area (Å²) in [4.78, 5) is 4.05. The van der Waals surface area contributed by atoms with Crippen LogP contribution >= 0.6 is 24.8 Å². The molecule has 0 unspecified atom stereocenters. The van der Waals surface area contributed by atoms with Gasteiger partial charge >= 0.3 is 0 Å². The van der Waals surface area contributed by atoms with Gasteiger partial charge in [0.15, 0.2) is 0 Å². The van der Waals surface area contributed by atoms with Crippen molar-refractivity contribution in [3.8, 4) is 0 Å². The Balaban J connectivity index is 0.000000720. The number of nitrogens with two attached hydrogens (primary N) is 1. The van der Waals surface area contributed by atoms with Crippen molar-refractivity contribution in [3.05, 3.63) is 29.6 Å². The summed E-state index contributed by atoms with van der Waals surface area (Å²) in [6.07, 6.45) is 6.40. The molecule has 1 aromatic rings. The minimum atomic E-state index is 0. The summed E-state index contributed by atoms with van der Waals surface area (Å²) in [5.41, 5.74) is 8.21. The van der Waals surface area contributed by atoms with Crippen LogP contribution in [-0.2, 0) is 6.54 Å². The molecule has 1 aliphatic carbocycles. The molecule has 2 N–H and O–H groups in total. The van der Waals surface area contributed by atoms with E-state index < -0.39 is 0 Å². The molecule has 0 radical (unpaired) electrons. The van der Waals surface area contributed by atoms with Crippen molar-refractivity contribution in [2.75, 3.05) is 0 Å². The van der Waals surface area contributed by atoms with E-state index in [0.717, 1.165) is 5.92 Å². The van der Waals surface area contributed by atoms with E-state index >= 15 is 0 Å². The van der Waals surface area contributed by atoms with Crippen molar-refractivity contribution in [1.29, 1.82) is 0 Å². The molecule has 0 bridgehead atoms. The van der Waals surface area contributed by atoms with Crippen molar-refractivity contribution in [1.82, 2.24) is 4.98 Å². The van der Waals surface area contributed by atoms with Gasteiger partial charge in [0.25, 0.3) is 0 Å². The van der Waals surface area contributed by atoms with Gasteiger partial charge in [0.2, 0.25) is 0 Å². The molecule has 0 spiro atoms. The SMILES string of the molecule is Cl.Cl.NCc1cnccc1C1CC1. The maximum atomic E-state index is 5.58. The average Bonchev–Trinajstić information content (AvgIpc) is 2.87. The maximum absolute atomic E-state index is 5.58. The summed E-state index contributed by atoms with van der Waals surface area (Å²) >= 11 is 0. The minimum Gasteiger partial charge on any atom is -0.326 e. The Bertz CT molecular complexity index is 262. The predicted octanol–water partition coefficient (Wildman–Crippen LogP) is 2.26. The molecule has 13 heavy (non-hydrogen) atoms. The minimum absolute atomic E-state index is 0. The molecule has 4 heteroatoms. The lowest BCUT2D eigenvalue weighted by Gasteiger charge is -2.03. The fourth-order valence-corrected chi connectivity index (χ4v) is 1.40. The van der Waals surface area contributed by atoms with Gasteiger partial charge in [-0.15, -0.1) is 24.8 Å². The number of rotatable bonds is 2. The van der Waals surface area contributed by atoms with E-state index in [-0.39, 0.29) is 24.8 Å². The molecule has 0 aliphatic heterocycles. The molecule has 1 fully saturated rings. The molecular weight excluding hydrogens is 207 g/mol. The molecule has 2 rings (SSSR count). The van der Waals surface area contributed by atoms with E-state index in [9.17, 15) is 0 Å². The van der Waals surface area contributed by atoms with Crippen LogP contribution in [0.4, 0.5) is 0 Å². The Morgan fingerprint density at radius 1 is 1.38 bits per heavy atom. The number of hydrogen-bond donors (Lipinski definition) is 1. The molecule has 1 saturated carbocycles. The second-order valence-corrected chi connectivity index (χ2v) is 3.05. The van der Waals surface area contributed by atoms with E-state index in [1.165, 1.54) is 24.0 Å². The summed E-state index contributed by atoms with van der Waals surface area (Å²) in [7, 11) is 0. The first-order chi connectivity index (χ1) is 5.42. The lowest BCUT2D eigenvalue weighted by atomic mass is 10.1. The van der Waals surface area contributed by atoms with Crippen LogP contribution in [0.2, 0.25) is 0 Å². The lowest BCUT2D eigenvalue weighted by Crippen LogP contribution is -2.00. The highest BCUT2D eigenvalue weighted by molar-refractivity contribution is 5.85. The van der Waals surface area contributed by atoms with Gasteiger partial charge in [-0.25, -0.2) is 0 Å². The Hall–Kier alpha value is -0.310. The second-order valence-electron chi connectivity index (χ2n) is 3.05. The van der Waals surface area contributed by atoms with Crippen molar-refractivity contribution in [3.63, 3.8) is 0 Å². The summed E-state index contributed by atoms with van der Waals surface area (Å²) in [5, 5.41) is 0. The van der Waals surface area contributed by atoms with Gasteiger partial charge in [-0.2, -0.15) is 0 Å². The fraction of sp³-hybridized carbons (Fsp3) is 0.444. The first-order valence-electron chi connectivity index (χ1n) is 4.04. The molecule has 1 aromatic heterocycles. The predicted molar refractivity (Wildman–Crippen MR) is 58.6 cm³/mol. The van der Waals surface area contributed by atoms with Crippen LogP contribution in [0.15, 0.2) is 18.5 Å². The summed E-state index contributed by atoms with van der Waals surface area (Å²) in [6.45, 7) is 0.625. The zero-order valence-corrected chi connectivity index (χ0v) is 8.90. The van der Waals surface area contributed by atoms with Gasteiger partial charge in [-0.3, -0.25) is 4.98 Å². The molecule has 1 aliphatic rings. The van der Waals surface area contributed by atoms with E-state index in [0.29, 0.717) is 6.54 Å². The molecule has 74 valence electrons. The number of hydrogen-bond acceptors (Lipinski definition) is 2. The molecule has 0 atom stereocenters. The molecule has 2 nitrogen and oxygen atoms in total. The largest absolute Gasteiger partial charge is 0.326 e. The number of pyridine rings is 1. The van der Waals surface area contributed by atoms with Gasteiger partial charge in [0, 0.05) is 18.9 Å². The van der Waals surface area contributed by atoms with Gasteiger partial charge in [-0.1, -0.05) is 0 Å². The normalized spacial score (nSPS) is 14.2. The van der Waals surface area contributed by atoms with E-state index in [1.807, 2.05) is 12.4 Å². The van der Waals surface area contributed by atoms with Gasteiger partial charge in [0.05, 0.1) is 0 Å². The Kier molecular flexibility index (Phi) is 5.30. The van der Waals surface area contributed by atoms with E-state index in [4.69, 9.17) is 5.73 Å². The third-order valence-corrected chi connectivity index (χ3v) is 2.18. The second kappa shape index (κ2) is 5.43. The van der Waals surface area contributed by atoms with E-state index in [1.54, 1.807) is 0 Å². The summed E-state index contributed by atoms with van der Waals surface area (Å²) in [6, 6.07) is 2.10. The smallest absolute Gasteiger partial charge is 0.0315 e. The molecule has 0 aromatic carbocycles. The fourth-order valence-electron chi connectivity index (χ4n) is 1.40. The first-order valence-corrected chi connectivity index (χ1v) is 4.04. The van der Waals surface area contributed by atoms with Crippen LogP contribution < -0.4 is 5.73 Å². The Labute approximate surface area is 90.8 Å². The quantitative estimate of drug-likeness (QED) is 0.831. The third-order valence-electron chi connectivity index (χ3n) is 2.18. The van der Waals surface area contributed by atoms with Crippen LogP contribution in [0, 0.1) is 0 Å². The number of halogens is 2. The Morgan fingerprint density at radius 3 is 2.62 bits per heavy atom. The average molecular weight is 221 g/mol. The first kappa shape index (κ1) is 12.7. The molecular formula is C9H14Cl2N2. The zero-order chi connectivity index (χ0) is 7.68. The lowest BCUT2D eigenvalue weighted by molar-refractivity contribution is 0.976. The number of aromatic nitrogens is 1. The standard InChI is InChI=1S/C9H12N2.2ClH/c10-5-8-6-11-4-3-9(8)7-1-2-7;;/h3-4,6-7H,1-2,5,10H2;2*1H. The van der Waals surface area contributed by atoms with E-state index in [2.05, 4.69) is 11.1 Å². The van der Waals surface area contributed by atoms with Crippen molar-refractivity contribution < 1.29 is 0 Å².